The Morgan fingerprint density at radius 3 is 2.10 bits per heavy atom. The molecule has 0 aliphatic carbocycles. The zero-order valence-corrected chi connectivity index (χ0v) is 12.8. The van der Waals surface area contributed by atoms with Crippen LogP contribution in [0.4, 0.5) is 0 Å². The zero-order chi connectivity index (χ0) is 15.1. The molecule has 0 radical (unpaired) electrons. The van der Waals surface area contributed by atoms with E-state index < -0.39 is 11.0 Å². The van der Waals surface area contributed by atoms with Gasteiger partial charge < -0.3 is 5.32 Å². The molecule has 0 bridgehead atoms. The lowest BCUT2D eigenvalue weighted by Gasteiger charge is -2.48. The number of likely N-dealkylation sites (N-methyl/N-ethyl adjacent to an activating group) is 1. The third kappa shape index (κ3) is 2.04. The maximum atomic E-state index is 12.6. The Morgan fingerprint density at radius 1 is 1.10 bits per heavy atom. The molecule has 0 aromatic heterocycles. The summed E-state index contributed by atoms with van der Waals surface area (Å²) in [5.74, 6) is -0.485. The van der Waals surface area contributed by atoms with Gasteiger partial charge in [0.2, 0.25) is 5.91 Å². The third-order valence-corrected chi connectivity index (χ3v) is 4.24. The summed E-state index contributed by atoms with van der Waals surface area (Å²) in [7, 11) is 1.77. The third-order valence-electron chi connectivity index (χ3n) is 4.24. The Morgan fingerprint density at radius 2 is 1.65 bits per heavy atom. The maximum Gasteiger partial charge on any atom is 0.252 e. The Labute approximate surface area is 119 Å². The average Bonchev–Trinajstić information content (AvgIpc) is 2.25. The van der Waals surface area contributed by atoms with Crippen LogP contribution in [0, 0.1) is 19.3 Å². The summed E-state index contributed by atoms with van der Waals surface area (Å²) in [5, 5.41) is 5.66. The van der Waals surface area contributed by atoms with Crippen molar-refractivity contribution in [1.29, 1.82) is 0 Å². The summed E-state index contributed by atoms with van der Waals surface area (Å²) in [6.07, 6.45) is 0.312. The summed E-state index contributed by atoms with van der Waals surface area (Å²) in [6.45, 7) is 7.94. The number of rotatable bonds is 2. The second kappa shape index (κ2) is 4.70. The van der Waals surface area contributed by atoms with Crippen LogP contribution >= 0.6 is 0 Å². The molecule has 0 spiro atoms. The van der Waals surface area contributed by atoms with Gasteiger partial charge in [0.15, 0.2) is 0 Å². The fraction of sp³-hybridized carbons (Fsp3) is 0.500. The molecule has 4 nitrogen and oxygen atoms in total. The number of carbonyl (C=O) groups is 2. The van der Waals surface area contributed by atoms with E-state index in [1.165, 1.54) is 0 Å². The van der Waals surface area contributed by atoms with Crippen LogP contribution in [0.2, 0.25) is 0 Å². The second-order valence-corrected chi connectivity index (χ2v) is 6.31. The van der Waals surface area contributed by atoms with Crippen molar-refractivity contribution in [2.24, 2.45) is 5.41 Å². The first-order valence-corrected chi connectivity index (χ1v) is 6.85. The second-order valence-electron chi connectivity index (χ2n) is 6.31. The van der Waals surface area contributed by atoms with Gasteiger partial charge in [0, 0.05) is 11.8 Å². The Hall–Kier alpha value is -1.68. The average molecular weight is 274 g/mol. The van der Waals surface area contributed by atoms with E-state index in [2.05, 4.69) is 16.7 Å². The van der Waals surface area contributed by atoms with E-state index >= 15 is 0 Å². The molecular formula is C16H22N2O2. The van der Waals surface area contributed by atoms with E-state index in [-0.39, 0.29) is 11.8 Å². The number of benzene rings is 1. The molecule has 108 valence electrons. The topological polar surface area (TPSA) is 58.2 Å². The summed E-state index contributed by atoms with van der Waals surface area (Å²) >= 11 is 0. The van der Waals surface area contributed by atoms with Gasteiger partial charge in [0.1, 0.15) is 5.54 Å². The summed E-state index contributed by atoms with van der Waals surface area (Å²) in [5.41, 5.74) is 1.73. The van der Waals surface area contributed by atoms with Crippen LogP contribution in [0.1, 0.15) is 37.0 Å². The molecule has 2 N–H and O–H groups in total. The predicted octanol–water partition coefficient (Wildman–Crippen LogP) is 1.79. The quantitative estimate of drug-likeness (QED) is 0.808. The van der Waals surface area contributed by atoms with Crippen LogP contribution in [-0.2, 0) is 15.1 Å². The number of imide groups is 1. The zero-order valence-electron chi connectivity index (χ0n) is 12.8. The molecule has 1 unspecified atom stereocenters. The predicted molar refractivity (Wildman–Crippen MR) is 78.2 cm³/mol. The van der Waals surface area contributed by atoms with Gasteiger partial charge in [-0.15, -0.1) is 0 Å². The first-order chi connectivity index (χ1) is 9.23. The first-order valence-electron chi connectivity index (χ1n) is 6.85. The molecule has 1 saturated heterocycles. The van der Waals surface area contributed by atoms with E-state index in [1.807, 2.05) is 39.8 Å². The molecule has 4 heteroatoms. The lowest BCUT2D eigenvalue weighted by molar-refractivity contribution is -0.146. The van der Waals surface area contributed by atoms with Crippen molar-refractivity contribution in [1.82, 2.24) is 10.6 Å². The van der Waals surface area contributed by atoms with Gasteiger partial charge in [0.25, 0.3) is 5.91 Å². The van der Waals surface area contributed by atoms with Crippen molar-refractivity contribution < 1.29 is 9.59 Å². The molecule has 1 aliphatic rings. The van der Waals surface area contributed by atoms with Crippen LogP contribution < -0.4 is 10.6 Å². The largest absolute Gasteiger partial charge is 0.302 e. The Bertz CT molecular complexity index is 558. The number of carbonyl (C=O) groups excluding carboxylic acids is 2. The Kier molecular flexibility index (Phi) is 3.46. The number of nitrogens with one attached hydrogen (secondary N) is 2. The smallest absolute Gasteiger partial charge is 0.252 e. The van der Waals surface area contributed by atoms with Gasteiger partial charge >= 0.3 is 0 Å². The summed E-state index contributed by atoms with van der Waals surface area (Å²) in [4.78, 5) is 24.3. The lowest BCUT2D eigenvalue weighted by atomic mass is 9.63. The SMILES string of the molecule is CNC1(c2cc(C)cc(C)c2)C(=O)NC(=O)CC1(C)C. The number of amides is 2. The standard InChI is InChI=1S/C16H22N2O2/c1-10-6-11(2)8-12(7-10)16(17-5)14(20)18-13(19)9-15(16,3)4/h6-8,17H,9H2,1-5H3,(H,18,19,20). The van der Waals surface area contributed by atoms with E-state index in [4.69, 9.17) is 0 Å². The highest BCUT2D eigenvalue weighted by atomic mass is 16.2. The molecule has 2 rings (SSSR count). The van der Waals surface area contributed by atoms with Crippen LogP contribution in [0.3, 0.4) is 0 Å². The molecule has 1 aromatic rings. The highest BCUT2D eigenvalue weighted by Gasteiger charge is 2.55. The van der Waals surface area contributed by atoms with E-state index in [9.17, 15) is 9.59 Å². The van der Waals surface area contributed by atoms with Gasteiger partial charge in [-0.05, 0) is 26.5 Å². The van der Waals surface area contributed by atoms with Crippen molar-refractivity contribution in [3.8, 4) is 0 Å². The Balaban J connectivity index is 2.68. The van der Waals surface area contributed by atoms with Gasteiger partial charge in [-0.3, -0.25) is 14.9 Å². The van der Waals surface area contributed by atoms with E-state index in [0.717, 1.165) is 16.7 Å². The molecule has 0 saturated carbocycles. The van der Waals surface area contributed by atoms with Crippen LogP contribution in [0.15, 0.2) is 18.2 Å². The molecule has 1 aliphatic heterocycles. The fourth-order valence-corrected chi connectivity index (χ4v) is 3.42. The van der Waals surface area contributed by atoms with E-state index in [0.29, 0.717) is 6.42 Å². The first kappa shape index (κ1) is 14.7. The molecule has 1 heterocycles. The van der Waals surface area contributed by atoms with Gasteiger partial charge in [-0.2, -0.15) is 0 Å². The van der Waals surface area contributed by atoms with Crippen LogP contribution in [-0.4, -0.2) is 18.9 Å². The van der Waals surface area contributed by atoms with Crippen molar-refractivity contribution >= 4 is 11.8 Å². The van der Waals surface area contributed by atoms with Crippen LogP contribution in [0.5, 0.6) is 0 Å². The van der Waals surface area contributed by atoms with Crippen molar-refractivity contribution in [2.45, 2.75) is 39.7 Å². The highest BCUT2D eigenvalue weighted by Crippen LogP contribution is 2.45. The number of hydrogen-bond donors (Lipinski definition) is 2. The monoisotopic (exact) mass is 274 g/mol. The number of piperidine rings is 1. The van der Waals surface area contributed by atoms with Crippen LogP contribution in [0.25, 0.3) is 0 Å². The van der Waals surface area contributed by atoms with Crippen molar-refractivity contribution in [3.63, 3.8) is 0 Å². The lowest BCUT2D eigenvalue weighted by Crippen LogP contribution is -2.66. The highest BCUT2D eigenvalue weighted by molar-refractivity contribution is 6.04. The summed E-state index contributed by atoms with van der Waals surface area (Å²) in [6, 6.07) is 6.10. The minimum atomic E-state index is -0.891. The summed E-state index contributed by atoms with van der Waals surface area (Å²) < 4.78 is 0. The van der Waals surface area contributed by atoms with Gasteiger partial charge in [-0.25, -0.2) is 0 Å². The van der Waals surface area contributed by atoms with Crippen molar-refractivity contribution in [3.05, 3.63) is 34.9 Å². The number of hydrogen-bond acceptors (Lipinski definition) is 3. The van der Waals surface area contributed by atoms with Gasteiger partial charge in [-0.1, -0.05) is 43.2 Å². The van der Waals surface area contributed by atoms with Crippen molar-refractivity contribution in [2.75, 3.05) is 7.05 Å². The molecule has 1 aromatic carbocycles. The van der Waals surface area contributed by atoms with Gasteiger partial charge in [0.05, 0.1) is 0 Å². The number of aryl methyl sites for hydroxylation is 2. The molecule has 20 heavy (non-hydrogen) atoms. The molecule has 1 atom stereocenters. The molecule has 2 amide bonds. The fourth-order valence-electron chi connectivity index (χ4n) is 3.42. The minimum Gasteiger partial charge on any atom is -0.302 e. The maximum absolute atomic E-state index is 12.6. The normalized spacial score (nSPS) is 25.4. The van der Waals surface area contributed by atoms with E-state index in [1.54, 1.807) is 7.05 Å². The minimum absolute atomic E-state index is 0.213. The molecule has 1 fully saturated rings. The molecular weight excluding hydrogens is 252 g/mol.